The predicted molar refractivity (Wildman–Crippen MR) is 168 cm³/mol. The zero-order chi connectivity index (χ0) is 35.4. The molecular formula is C30H29F6IN6O4. The average molecular weight is 778 g/mol. The van der Waals surface area contributed by atoms with Crippen LogP contribution in [0.1, 0.15) is 36.1 Å². The van der Waals surface area contributed by atoms with Crippen LogP contribution in [0.3, 0.4) is 0 Å². The molecule has 10 nitrogen and oxygen atoms in total. The summed E-state index contributed by atoms with van der Waals surface area (Å²) in [6.45, 7) is 6.61. The van der Waals surface area contributed by atoms with Crippen LogP contribution < -0.4 is 0 Å². The van der Waals surface area contributed by atoms with Crippen LogP contribution in [0.25, 0.3) is 29.0 Å². The summed E-state index contributed by atoms with van der Waals surface area (Å²) in [5, 5.41) is 10.2. The van der Waals surface area contributed by atoms with Gasteiger partial charge < -0.3 is 9.47 Å². The van der Waals surface area contributed by atoms with E-state index in [1.54, 1.807) is 43.9 Å². The second-order valence-corrected chi connectivity index (χ2v) is 10.4. The molecule has 4 rings (SSSR count). The number of methoxy groups -OCH3 is 1. The molecule has 2 aromatic heterocycles. The van der Waals surface area contributed by atoms with Gasteiger partial charge in [0.1, 0.15) is 12.7 Å². The molecule has 0 fully saturated rings. The van der Waals surface area contributed by atoms with Crippen LogP contribution in [0.2, 0.25) is 0 Å². The second kappa shape index (κ2) is 17.4. The molecule has 1 N–H and O–H groups in total. The minimum Gasteiger partial charge on any atom is -0.466 e. The van der Waals surface area contributed by atoms with Gasteiger partial charge in [0, 0.05) is 29.5 Å². The number of H-pyrrole nitrogens is 1. The number of rotatable bonds is 6. The molecule has 0 aliphatic rings. The summed E-state index contributed by atoms with van der Waals surface area (Å²) < 4.78 is 88.3. The summed E-state index contributed by atoms with van der Waals surface area (Å²) in [5.41, 5.74) is 0.168. The first-order chi connectivity index (χ1) is 21.9. The van der Waals surface area contributed by atoms with Gasteiger partial charge in [0.25, 0.3) is 0 Å². The normalized spacial score (nSPS) is 11.6. The zero-order valence-electron chi connectivity index (χ0n) is 25.5. The number of benzene rings is 2. The molecule has 17 heteroatoms. The van der Waals surface area contributed by atoms with Crippen LogP contribution >= 0.6 is 22.6 Å². The van der Waals surface area contributed by atoms with Crippen LogP contribution in [0.15, 0.2) is 65.3 Å². The van der Waals surface area contributed by atoms with E-state index in [2.05, 4.69) is 30.0 Å². The lowest BCUT2D eigenvalue weighted by molar-refractivity contribution is -0.141. The van der Waals surface area contributed by atoms with E-state index in [4.69, 9.17) is 4.74 Å². The highest BCUT2D eigenvalue weighted by atomic mass is 127. The minimum atomic E-state index is -4.44. The van der Waals surface area contributed by atoms with Crippen LogP contribution in [-0.2, 0) is 31.4 Å². The summed E-state index contributed by atoms with van der Waals surface area (Å²) in [6, 6.07) is 7.38. The van der Waals surface area contributed by atoms with Crippen molar-refractivity contribution >= 4 is 40.7 Å². The Morgan fingerprint density at radius 1 is 0.872 bits per heavy atom. The van der Waals surface area contributed by atoms with Crippen molar-refractivity contribution in [1.82, 2.24) is 29.9 Å². The molecule has 0 spiro atoms. The van der Waals surface area contributed by atoms with Crippen LogP contribution in [0.4, 0.5) is 26.3 Å². The molecule has 2 heterocycles. The number of halogens is 7. The monoisotopic (exact) mass is 778 g/mol. The molecule has 0 saturated heterocycles. The molecule has 0 aliphatic carbocycles. The maximum absolute atomic E-state index is 12.9. The van der Waals surface area contributed by atoms with Gasteiger partial charge in [0.15, 0.2) is 11.6 Å². The fraction of sp³-hybridized carbons (Fsp3) is 0.267. The standard InChI is InChI=1S/C16H16F3N3O2.C10H8F3N3.C4H5IO2/c1-10(2)24-14(23)4-5-22-9-20-15(21-22)12-6-11(3)7-13(8-12)16(17,18)19;1-6-2-7(9-14-5-15-16-9)4-8(3-6)10(11,12)13;1-7-4(6)2-3-5/h4-10H,1-3H3;2-5H,1H3,(H,14,15,16);2-3H,1H3/b5-4-;;3-2-. The van der Waals surface area contributed by atoms with Crippen molar-refractivity contribution in [2.45, 2.75) is 46.2 Å². The number of nitrogens with one attached hydrogen (secondary N) is 1. The van der Waals surface area contributed by atoms with E-state index in [0.717, 1.165) is 30.3 Å². The van der Waals surface area contributed by atoms with E-state index in [1.165, 1.54) is 36.7 Å². The average Bonchev–Trinajstić information content (AvgIpc) is 3.68. The lowest BCUT2D eigenvalue weighted by Gasteiger charge is -2.09. The lowest BCUT2D eigenvalue weighted by atomic mass is 10.1. The summed E-state index contributed by atoms with van der Waals surface area (Å²) in [6.07, 6.45) is -2.65. The molecule has 2 aromatic carbocycles. The Hall–Kier alpha value is -4.55. The predicted octanol–water partition coefficient (Wildman–Crippen LogP) is 7.60. The van der Waals surface area contributed by atoms with Crippen molar-refractivity contribution in [2.24, 2.45) is 0 Å². The van der Waals surface area contributed by atoms with Crippen molar-refractivity contribution in [2.75, 3.05) is 7.11 Å². The van der Waals surface area contributed by atoms with Crippen LogP contribution in [-0.4, -0.2) is 55.1 Å². The Bertz CT molecular complexity index is 1680. The molecule has 0 bridgehead atoms. The highest BCUT2D eigenvalue weighted by molar-refractivity contribution is 14.1. The molecule has 47 heavy (non-hydrogen) atoms. The van der Waals surface area contributed by atoms with Gasteiger partial charge >= 0.3 is 24.3 Å². The Labute approximate surface area is 279 Å². The molecular weight excluding hydrogens is 749 g/mol. The van der Waals surface area contributed by atoms with Crippen molar-refractivity contribution in [3.63, 3.8) is 0 Å². The minimum absolute atomic E-state index is 0.131. The van der Waals surface area contributed by atoms with Gasteiger partial charge in [0.05, 0.1) is 24.3 Å². The number of carbonyl (C=O) groups excluding carboxylic acids is 2. The summed E-state index contributed by atoms with van der Waals surface area (Å²) >= 11 is 1.94. The number of carbonyl (C=O) groups is 2. The number of nitrogens with zero attached hydrogens (tertiary/aromatic N) is 5. The fourth-order valence-electron chi connectivity index (χ4n) is 3.51. The Morgan fingerprint density at radius 2 is 1.45 bits per heavy atom. The smallest absolute Gasteiger partial charge is 0.416 e. The lowest BCUT2D eigenvalue weighted by Crippen LogP contribution is -2.08. The largest absolute Gasteiger partial charge is 0.466 e. The first-order valence-electron chi connectivity index (χ1n) is 13.3. The van der Waals surface area contributed by atoms with Crippen LogP contribution in [0.5, 0.6) is 0 Å². The first kappa shape index (κ1) is 38.6. The Balaban J connectivity index is 0.000000286. The highest BCUT2D eigenvalue weighted by Crippen LogP contribution is 2.33. The molecule has 0 amide bonds. The third-order valence-electron chi connectivity index (χ3n) is 5.38. The molecule has 0 aliphatic heterocycles. The van der Waals surface area contributed by atoms with Gasteiger partial charge in [-0.2, -0.15) is 31.4 Å². The number of esters is 2. The van der Waals surface area contributed by atoms with E-state index in [9.17, 15) is 35.9 Å². The Morgan fingerprint density at radius 3 is 1.91 bits per heavy atom. The third kappa shape index (κ3) is 13.4. The van der Waals surface area contributed by atoms with Gasteiger partial charge in [0.2, 0.25) is 0 Å². The molecule has 0 atom stereocenters. The molecule has 0 unspecified atom stereocenters. The molecule has 4 aromatic rings. The van der Waals surface area contributed by atoms with Crippen molar-refractivity contribution < 1.29 is 45.4 Å². The number of aryl methyl sites for hydroxylation is 2. The maximum atomic E-state index is 12.9. The molecule has 252 valence electrons. The summed E-state index contributed by atoms with van der Waals surface area (Å²) in [7, 11) is 1.35. The molecule has 0 radical (unpaired) electrons. The number of hydrogen-bond donors (Lipinski definition) is 1. The van der Waals surface area contributed by atoms with Crippen LogP contribution in [0, 0.1) is 13.8 Å². The maximum Gasteiger partial charge on any atom is 0.416 e. The van der Waals surface area contributed by atoms with Crippen molar-refractivity contribution in [3.8, 4) is 22.8 Å². The van der Waals surface area contributed by atoms with E-state index in [-0.39, 0.29) is 23.5 Å². The van der Waals surface area contributed by atoms with Gasteiger partial charge in [-0.05, 0) is 79.3 Å². The zero-order valence-corrected chi connectivity index (χ0v) is 27.7. The van der Waals surface area contributed by atoms with E-state index in [0.29, 0.717) is 22.5 Å². The van der Waals surface area contributed by atoms with E-state index >= 15 is 0 Å². The highest BCUT2D eigenvalue weighted by Gasteiger charge is 2.32. The van der Waals surface area contributed by atoms with Gasteiger partial charge in [-0.25, -0.2) is 24.2 Å². The third-order valence-corrected chi connectivity index (χ3v) is 5.74. The van der Waals surface area contributed by atoms with Gasteiger partial charge in [-0.1, -0.05) is 22.6 Å². The number of ether oxygens (including phenoxy) is 2. The number of alkyl halides is 6. The second-order valence-electron chi connectivity index (χ2n) is 9.67. The fourth-order valence-corrected chi connectivity index (χ4v) is 3.80. The number of hydrogen-bond acceptors (Lipinski definition) is 8. The Kier molecular flexibility index (Phi) is 14.3. The SMILES string of the molecule is COC(=O)/C=C\I.Cc1cc(-c2ncn(/C=C\C(=O)OC(C)C)n2)cc(C(F)(F)F)c1.Cc1cc(-c2ncn[nH]2)cc(C(F)(F)F)c1. The van der Waals surface area contributed by atoms with Crippen molar-refractivity contribution in [3.05, 3.63) is 87.5 Å². The summed E-state index contributed by atoms with van der Waals surface area (Å²) in [4.78, 5) is 29.3. The first-order valence-corrected chi connectivity index (χ1v) is 14.6. The quantitative estimate of drug-likeness (QED) is 0.0919. The topological polar surface area (TPSA) is 125 Å². The number of aromatic nitrogens is 6. The van der Waals surface area contributed by atoms with Crippen molar-refractivity contribution in [1.29, 1.82) is 0 Å². The van der Waals surface area contributed by atoms with E-state index < -0.39 is 29.4 Å². The van der Waals surface area contributed by atoms with Gasteiger partial charge in [-0.3, -0.25) is 5.10 Å². The number of aromatic amines is 1. The molecule has 0 saturated carbocycles. The summed E-state index contributed by atoms with van der Waals surface area (Å²) in [5.74, 6) is -0.397. The van der Waals surface area contributed by atoms with Gasteiger partial charge in [-0.15, -0.1) is 5.10 Å². The van der Waals surface area contributed by atoms with E-state index in [1.807, 2.05) is 22.6 Å².